The molecule has 0 unspecified atom stereocenters. The first-order chi connectivity index (χ1) is 12.8. The van der Waals surface area contributed by atoms with Crippen LogP contribution in [0, 0.1) is 11.3 Å². The summed E-state index contributed by atoms with van der Waals surface area (Å²) in [7, 11) is 0. The van der Waals surface area contributed by atoms with E-state index in [9.17, 15) is 9.59 Å². The molecular weight excluding hydrogens is 344 g/mol. The van der Waals surface area contributed by atoms with Gasteiger partial charge in [-0.1, -0.05) is 13.8 Å². The minimum absolute atomic E-state index is 0.0245. The van der Waals surface area contributed by atoms with Gasteiger partial charge in [0.2, 0.25) is 5.91 Å². The number of hydrogen-bond donors (Lipinski definition) is 1. The van der Waals surface area contributed by atoms with Crippen molar-refractivity contribution in [2.75, 3.05) is 23.4 Å². The summed E-state index contributed by atoms with van der Waals surface area (Å²) in [5.41, 5.74) is 0.650. The van der Waals surface area contributed by atoms with Crippen LogP contribution in [0.4, 0.5) is 11.4 Å². The van der Waals surface area contributed by atoms with Gasteiger partial charge in [-0.15, -0.1) is 0 Å². The van der Waals surface area contributed by atoms with Crippen LogP contribution < -0.4 is 15.0 Å². The molecule has 0 saturated carbocycles. The molecule has 1 aliphatic heterocycles. The van der Waals surface area contributed by atoms with Gasteiger partial charge in [-0.2, -0.15) is 0 Å². The van der Waals surface area contributed by atoms with Crippen molar-refractivity contribution < 1.29 is 18.7 Å². The molecule has 0 bridgehead atoms. The number of rotatable bonds is 5. The molecule has 0 fully saturated rings. The molecule has 144 valence electrons. The molecule has 0 spiro atoms. The fraction of sp³-hybridized carbons (Fsp3) is 0.429. The Hall–Kier alpha value is -2.76. The third-order valence-electron chi connectivity index (χ3n) is 4.60. The molecule has 1 aromatic heterocycles. The number of anilines is 2. The molecule has 0 atom stereocenters. The number of fused-ring (bicyclic) bond motifs is 1. The molecule has 1 aliphatic rings. The zero-order valence-electron chi connectivity index (χ0n) is 16.2. The summed E-state index contributed by atoms with van der Waals surface area (Å²) in [6.07, 6.45) is 2.33. The molecule has 3 rings (SSSR count). The number of furan rings is 1. The summed E-state index contributed by atoms with van der Waals surface area (Å²) < 4.78 is 11.0. The maximum atomic E-state index is 13.1. The van der Waals surface area contributed by atoms with Crippen LogP contribution in [0.2, 0.25) is 0 Å². The second-order valence-corrected chi connectivity index (χ2v) is 7.93. The molecule has 6 heteroatoms. The van der Waals surface area contributed by atoms with E-state index < -0.39 is 5.41 Å². The van der Waals surface area contributed by atoms with E-state index in [1.54, 1.807) is 35.2 Å². The van der Waals surface area contributed by atoms with Crippen molar-refractivity contribution in [3.05, 3.63) is 42.4 Å². The van der Waals surface area contributed by atoms with Crippen LogP contribution in [-0.2, 0) is 4.79 Å². The minimum atomic E-state index is -0.617. The number of carbonyl (C=O) groups is 2. The van der Waals surface area contributed by atoms with E-state index in [4.69, 9.17) is 9.15 Å². The summed E-state index contributed by atoms with van der Waals surface area (Å²) in [6, 6.07) is 8.61. The largest absolute Gasteiger partial charge is 0.490 e. The smallest absolute Gasteiger partial charge is 0.291 e. The van der Waals surface area contributed by atoms with Crippen LogP contribution in [-0.4, -0.2) is 25.0 Å². The summed E-state index contributed by atoms with van der Waals surface area (Å²) in [5.74, 6) is 1.03. The Kier molecular flexibility index (Phi) is 5.26. The van der Waals surface area contributed by atoms with Crippen molar-refractivity contribution in [2.24, 2.45) is 11.3 Å². The van der Waals surface area contributed by atoms with Crippen LogP contribution in [0.3, 0.4) is 0 Å². The number of ether oxygens (including phenoxy) is 1. The first kappa shape index (κ1) is 19.0. The Morgan fingerprint density at radius 1 is 1.30 bits per heavy atom. The molecule has 2 heterocycles. The van der Waals surface area contributed by atoms with Crippen molar-refractivity contribution in [1.82, 2.24) is 0 Å². The quantitative estimate of drug-likeness (QED) is 0.850. The van der Waals surface area contributed by atoms with E-state index in [1.807, 2.05) is 13.8 Å². The van der Waals surface area contributed by atoms with Crippen LogP contribution in [0.5, 0.6) is 5.75 Å². The Morgan fingerprint density at radius 3 is 2.74 bits per heavy atom. The van der Waals surface area contributed by atoms with Crippen LogP contribution in [0.1, 0.15) is 44.7 Å². The highest BCUT2D eigenvalue weighted by atomic mass is 16.5. The third-order valence-corrected chi connectivity index (χ3v) is 4.60. The number of benzene rings is 1. The first-order valence-electron chi connectivity index (χ1n) is 9.21. The lowest BCUT2D eigenvalue weighted by molar-refractivity contribution is -0.127. The maximum absolute atomic E-state index is 13.1. The van der Waals surface area contributed by atoms with Crippen LogP contribution in [0.25, 0.3) is 0 Å². The predicted molar refractivity (Wildman–Crippen MR) is 104 cm³/mol. The normalized spacial score (nSPS) is 15.9. The van der Waals surface area contributed by atoms with Crippen LogP contribution >= 0.6 is 0 Å². The Morgan fingerprint density at radius 2 is 2.07 bits per heavy atom. The fourth-order valence-corrected chi connectivity index (χ4v) is 2.93. The molecular formula is C21H26N2O4. The second kappa shape index (κ2) is 7.47. The third kappa shape index (κ3) is 4.15. The van der Waals surface area contributed by atoms with Crippen molar-refractivity contribution in [3.8, 4) is 5.75 Å². The van der Waals surface area contributed by atoms with Gasteiger partial charge >= 0.3 is 0 Å². The van der Waals surface area contributed by atoms with Gasteiger partial charge in [-0.3, -0.25) is 9.59 Å². The first-order valence-corrected chi connectivity index (χ1v) is 9.21. The maximum Gasteiger partial charge on any atom is 0.291 e. The van der Waals surface area contributed by atoms with Gasteiger partial charge in [0.25, 0.3) is 5.91 Å². The lowest BCUT2D eigenvalue weighted by Crippen LogP contribution is -2.42. The van der Waals surface area contributed by atoms with Gasteiger partial charge in [0.15, 0.2) is 5.76 Å². The molecule has 6 nitrogen and oxygen atoms in total. The standard InChI is InChI=1S/C21H26N2O4/c1-14(2)9-10-23-16-12-15(22-19(24)18-6-5-11-26-18)7-8-17(16)27-13-21(3,4)20(23)25/h5-8,11-12,14H,9-10,13H2,1-4H3,(H,22,24). The predicted octanol–water partition coefficient (Wildman–Crippen LogP) is 4.33. The summed E-state index contributed by atoms with van der Waals surface area (Å²) in [6.45, 7) is 8.96. The lowest BCUT2D eigenvalue weighted by Gasteiger charge is -2.28. The minimum Gasteiger partial charge on any atom is -0.490 e. The Bertz CT molecular complexity index is 825. The zero-order valence-corrected chi connectivity index (χ0v) is 16.2. The average Bonchev–Trinajstić information content (AvgIpc) is 3.12. The number of hydrogen-bond acceptors (Lipinski definition) is 4. The molecule has 2 amide bonds. The topological polar surface area (TPSA) is 71.8 Å². The molecule has 0 radical (unpaired) electrons. The molecule has 27 heavy (non-hydrogen) atoms. The number of carbonyl (C=O) groups excluding carboxylic acids is 2. The van der Waals surface area contributed by atoms with E-state index in [2.05, 4.69) is 19.2 Å². The van der Waals surface area contributed by atoms with E-state index in [-0.39, 0.29) is 17.6 Å². The average molecular weight is 370 g/mol. The van der Waals surface area contributed by atoms with Gasteiger partial charge in [0.05, 0.1) is 17.4 Å². The summed E-state index contributed by atoms with van der Waals surface area (Å²) in [4.78, 5) is 27.1. The van der Waals surface area contributed by atoms with Crippen molar-refractivity contribution >= 4 is 23.2 Å². The molecule has 1 aromatic carbocycles. The molecule has 0 aliphatic carbocycles. The number of amides is 2. The fourth-order valence-electron chi connectivity index (χ4n) is 2.93. The monoisotopic (exact) mass is 370 g/mol. The highest BCUT2D eigenvalue weighted by Crippen LogP contribution is 2.38. The van der Waals surface area contributed by atoms with Gasteiger partial charge in [0, 0.05) is 12.2 Å². The number of nitrogens with zero attached hydrogens (tertiary/aromatic N) is 1. The van der Waals surface area contributed by atoms with E-state index in [0.29, 0.717) is 36.2 Å². The Balaban J connectivity index is 1.92. The zero-order chi connectivity index (χ0) is 19.6. The van der Waals surface area contributed by atoms with Crippen LogP contribution in [0.15, 0.2) is 41.0 Å². The molecule has 2 aromatic rings. The van der Waals surface area contributed by atoms with Gasteiger partial charge in [0.1, 0.15) is 12.4 Å². The van der Waals surface area contributed by atoms with Crippen molar-refractivity contribution in [2.45, 2.75) is 34.1 Å². The van der Waals surface area contributed by atoms with Gasteiger partial charge in [-0.25, -0.2) is 0 Å². The van der Waals surface area contributed by atoms with Crippen molar-refractivity contribution in [3.63, 3.8) is 0 Å². The highest BCUT2D eigenvalue weighted by molar-refractivity contribution is 6.04. The Labute approximate surface area is 159 Å². The summed E-state index contributed by atoms with van der Waals surface area (Å²) >= 11 is 0. The number of nitrogens with one attached hydrogen (secondary N) is 1. The van der Waals surface area contributed by atoms with Gasteiger partial charge < -0.3 is 19.4 Å². The summed E-state index contributed by atoms with van der Waals surface area (Å²) in [5, 5.41) is 2.81. The second-order valence-electron chi connectivity index (χ2n) is 7.93. The van der Waals surface area contributed by atoms with E-state index >= 15 is 0 Å². The SMILES string of the molecule is CC(C)CCN1C(=O)C(C)(C)COc2ccc(NC(=O)c3ccco3)cc21. The molecule has 0 saturated heterocycles. The van der Waals surface area contributed by atoms with E-state index in [0.717, 1.165) is 6.42 Å². The molecule has 1 N–H and O–H groups in total. The van der Waals surface area contributed by atoms with E-state index in [1.165, 1.54) is 6.26 Å². The van der Waals surface area contributed by atoms with Gasteiger partial charge in [-0.05, 0) is 56.5 Å². The highest BCUT2D eigenvalue weighted by Gasteiger charge is 2.37. The van der Waals surface area contributed by atoms with Crippen molar-refractivity contribution in [1.29, 1.82) is 0 Å². The lowest BCUT2D eigenvalue weighted by atomic mass is 9.92.